The zero-order valence-corrected chi connectivity index (χ0v) is 16.1. The molecule has 0 aliphatic rings. The summed E-state index contributed by atoms with van der Waals surface area (Å²) in [4.78, 5) is 12.4. The standard InChI is InChI=1S/C18H24BrN3O2/c1-11(2)16-15(19)17(22-21-16)18(23)20-12(3)5-6-13-7-9-14(24-4)10-8-13/h7-12H,5-6H2,1-4H3,(H,20,23)(H,21,22). The minimum atomic E-state index is -0.160. The molecule has 0 saturated carbocycles. The topological polar surface area (TPSA) is 67.0 Å². The van der Waals surface area contributed by atoms with Gasteiger partial charge in [0.25, 0.3) is 5.91 Å². The minimum absolute atomic E-state index is 0.0608. The van der Waals surface area contributed by atoms with Crippen LogP contribution in [-0.2, 0) is 6.42 Å². The molecule has 1 atom stereocenters. The third-order valence-corrected chi connectivity index (χ3v) is 4.73. The Bertz CT molecular complexity index is 680. The number of ether oxygens (including phenoxy) is 1. The number of H-pyrrole nitrogens is 1. The van der Waals surface area contributed by atoms with Crippen molar-refractivity contribution >= 4 is 21.8 Å². The highest BCUT2D eigenvalue weighted by molar-refractivity contribution is 9.10. The van der Waals surface area contributed by atoms with Gasteiger partial charge in [0, 0.05) is 6.04 Å². The molecule has 1 aromatic heterocycles. The molecule has 130 valence electrons. The smallest absolute Gasteiger partial charge is 0.273 e. The van der Waals surface area contributed by atoms with Crippen LogP contribution >= 0.6 is 15.9 Å². The van der Waals surface area contributed by atoms with E-state index in [0.29, 0.717) is 5.69 Å². The number of benzene rings is 1. The van der Waals surface area contributed by atoms with Gasteiger partial charge in [0.1, 0.15) is 5.75 Å². The van der Waals surface area contributed by atoms with Crippen LogP contribution in [0.4, 0.5) is 0 Å². The van der Waals surface area contributed by atoms with E-state index < -0.39 is 0 Å². The van der Waals surface area contributed by atoms with Crippen LogP contribution in [0.2, 0.25) is 0 Å². The fourth-order valence-electron chi connectivity index (χ4n) is 2.41. The molecule has 0 saturated heterocycles. The molecule has 1 unspecified atom stereocenters. The second kappa shape index (κ2) is 8.33. The number of nitrogens with zero attached hydrogens (tertiary/aromatic N) is 1. The summed E-state index contributed by atoms with van der Waals surface area (Å²) in [5, 5.41) is 10.1. The molecular weight excluding hydrogens is 370 g/mol. The summed E-state index contributed by atoms with van der Waals surface area (Å²) < 4.78 is 5.90. The maximum absolute atomic E-state index is 12.4. The molecular formula is C18H24BrN3O2. The molecule has 0 fully saturated rings. The van der Waals surface area contributed by atoms with Gasteiger partial charge in [-0.1, -0.05) is 26.0 Å². The normalized spacial score (nSPS) is 12.2. The van der Waals surface area contributed by atoms with Crippen LogP contribution in [0.3, 0.4) is 0 Å². The average Bonchev–Trinajstić information content (AvgIpc) is 2.95. The quantitative estimate of drug-likeness (QED) is 0.745. The SMILES string of the molecule is COc1ccc(CCC(C)NC(=O)c2n[nH]c(C(C)C)c2Br)cc1. The summed E-state index contributed by atoms with van der Waals surface area (Å²) in [5.41, 5.74) is 2.57. The number of nitrogens with one attached hydrogen (secondary N) is 2. The molecule has 2 aromatic rings. The van der Waals surface area contributed by atoms with Crippen molar-refractivity contribution in [2.24, 2.45) is 0 Å². The fourth-order valence-corrected chi connectivity index (χ4v) is 3.23. The molecule has 0 radical (unpaired) electrons. The molecule has 1 heterocycles. The third-order valence-electron chi connectivity index (χ3n) is 3.93. The first-order valence-corrected chi connectivity index (χ1v) is 8.89. The Morgan fingerprint density at radius 1 is 1.29 bits per heavy atom. The Labute approximate surface area is 151 Å². The second-order valence-electron chi connectivity index (χ2n) is 6.22. The number of aromatic nitrogens is 2. The molecule has 1 aromatic carbocycles. The number of amides is 1. The molecule has 0 spiro atoms. The Kier molecular flexibility index (Phi) is 6.43. The summed E-state index contributed by atoms with van der Waals surface area (Å²) in [7, 11) is 1.66. The average molecular weight is 394 g/mol. The number of hydrogen-bond donors (Lipinski definition) is 2. The Hall–Kier alpha value is -1.82. The summed E-state index contributed by atoms with van der Waals surface area (Å²) in [6.07, 6.45) is 1.75. The van der Waals surface area contributed by atoms with Crippen LogP contribution in [0.25, 0.3) is 0 Å². The Morgan fingerprint density at radius 2 is 1.96 bits per heavy atom. The largest absolute Gasteiger partial charge is 0.497 e. The van der Waals surface area contributed by atoms with Gasteiger partial charge in [-0.2, -0.15) is 5.10 Å². The summed E-state index contributed by atoms with van der Waals surface area (Å²) >= 11 is 3.47. The number of aryl methyl sites for hydroxylation is 1. The van der Waals surface area contributed by atoms with Gasteiger partial charge >= 0.3 is 0 Å². The molecule has 24 heavy (non-hydrogen) atoms. The predicted molar refractivity (Wildman–Crippen MR) is 98.6 cm³/mol. The maximum Gasteiger partial charge on any atom is 0.273 e. The van der Waals surface area contributed by atoms with Gasteiger partial charge in [-0.25, -0.2) is 0 Å². The number of carbonyl (C=O) groups excluding carboxylic acids is 1. The van der Waals surface area contributed by atoms with Gasteiger partial charge < -0.3 is 10.1 Å². The van der Waals surface area contributed by atoms with Gasteiger partial charge in [0.15, 0.2) is 5.69 Å². The summed E-state index contributed by atoms with van der Waals surface area (Å²) in [6, 6.07) is 8.06. The Morgan fingerprint density at radius 3 is 2.50 bits per heavy atom. The van der Waals surface area contributed by atoms with E-state index in [-0.39, 0.29) is 17.9 Å². The zero-order valence-electron chi connectivity index (χ0n) is 14.5. The lowest BCUT2D eigenvalue weighted by atomic mass is 10.1. The van der Waals surface area contributed by atoms with Crippen LogP contribution in [0.15, 0.2) is 28.7 Å². The van der Waals surface area contributed by atoms with Gasteiger partial charge in [-0.05, 0) is 59.3 Å². The lowest BCUT2D eigenvalue weighted by Crippen LogP contribution is -2.33. The zero-order chi connectivity index (χ0) is 17.7. The first kappa shape index (κ1) is 18.5. The lowest BCUT2D eigenvalue weighted by molar-refractivity contribution is 0.0932. The van der Waals surface area contributed by atoms with Crippen LogP contribution < -0.4 is 10.1 Å². The molecule has 1 amide bonds. The van der Waals surface area contributed by atoms with Crippen molar-refractivity contribution in [1.82, 2.24) is 15.5 Å². The molecule has 0 aliphatic carbocycles. The van der Waals surface area contributed by atoms with Crippen LogP contribution in [0, 0.1) is 0 Å². The summed E-state index contributed by atoms with van der Waals surface area (Å²) in [5.74, 6) is 0.970. The first-order valence-electron chi connectivity index (χ1n) is 8.10. The molecule has 6 heteroatoms. The molecule has 0 aliphatic heterocycles. The number of carbonyl (C=O) groups is 1. The van der Waals surface area contributed by atoms with Gasteiger partial charge in [-0.3, -0.25) is 9.89 Å². The van der Waals surface area contributed by atoms with E-state index in [4.69, 9.17) is 4.74 Å². The van der Waals surface area contributed by atoms with E-state index in [9.17, 15) is 4.79 Å². The van der Waals surface area contributed by atoms with Gasteiger partial charge in [-0.15, -0.1) is 0 Å². The van der Waals surface area contributed by atoms with E-state index in [0.717, 1.165) is 28.8 Å². The van der Waals surface area contributed by atoms with Crippen LogP contribution in [0.5, 0.6) is 5.75 Å². The predicted octanol–water partition coefficient (Wildman–Crippen LogP) is 4.06. The molecule has 0 bridgehead atoms. The Balaban J connectivity index is 1.89. The number of methoxy groups -OCH3 is 1. The first-order chi connectivity index (χ1) is 11.4. The van der Waals surface area contributed by atoms with Crippen molar-refractivity contribution in [1.29, 1.82) is 0 Å². The molecule has 5 nitrogen and oxygen atoms in total. The third kappa shape index (κ3) is 4.60. The van der Waals surface area contributed by atoms with Crippen molar-refractivity contribution in [3.63, 3.8) is 0 Å². The van der Waals surface area contributed by atoms with Gasteiger partial charge in [0.05, 0.1) is 17.3 Å². The van der Waals surface area contributed by atoms with E-state index >= 15 is 0 Å². The lowest BCUT2D eigenvalue weighted by Gasteiger charge is -2.13. The van der Waals surface area contributed by atoms with Crippen molar-refractivity contribution in [2.45, 2.75) is 45.6 Å². The highest BCUT2D eigenvalue weighted by Gasteiger charge is 2.20. The van der Waals surface area contributed by atoms with Crippen molar-refractivity contribution in [3.05, 3.63) is 45.7 Å². The minimum Gasteiger partial charge on any atom is -0.497 e. The van der Waals surface area contributed by atoms with Crippen LogP contribution in [-0.4, -0.2) is 29.3 Å². The second-order valence-corrected chi connectivity index (χ2v) is 7.01. The van der Waals surface area contributed by atoms with E-state index in [1.807, 2.05) is 31.2 Å². The highest BCUT2D eigenvalue weighted by Crippen LogP contribution is 2.25. The van der Waals surface area contributed by atoms with E-state index in [1.54, 1.807) is 7.11 Å². The monoisotopic (exact) mass is 393 g/mol. The highest BCUT2D eigenvalue weighted by atomic mass is 79.9. The number of aromatic amines is 1. The number of rotatable bonds is 7. The van der Waals surface area contributed by atoms with Gasteiger partial charge in [0.2, 0.25) is 0 Å². The van der Waals surface area contributed by atoms with Crippen molar-refractivity contribution < 1.29 is 9.53 Å². The number of hydrogen-bond acceptors (Lipinski definition) is 3. The van der Waals surface area contributed by atoms with E-state index in [2.05, 4.69) is 45.3 Å². The molecule has 2 rings (SSSR count). The number of halogens is 1. The fraction of sp³-hybridized carbons (Fsp3) is 0.444. The summed E-state index contributed by atoms with van der Waals surface area (Å²) in [6.45, 7) is 6.11. The van der Waals surface area contributed by atoms with Crippen molar-refractivity contribution in [3.8, 4) is 5.75 Å². The van der Waals surface area contributed by atoms with E-state index in [1.165, 1.54) is 5.56 Å². The molecule has 2 N–H and O–H groups in total. The van der Waals surface area contributed by atoms with Crippen molar-refractivity contribution in [2.75, 3.05) is 7.11 Å². The van der Waals surface area contributed by atoms with Crippen LogP contribution in [0.1, 0.15) is 54.9 Å². The maximum atomic E-state index is 12.4.